The molecule has 1 aliphatic rings. The number of hydrogen-bond donors (Lipinski definition) is 1. The van der Waals surface area contributed by atoms with Crippen molar-refractivity contribution in [2.75, 3.05) is 6.61 Å². The molecule has 1 aromatic carbocycles. The highest BCUT2D eigenvalue weighted by molar-refractivity contribution is 5.78. The number of carbonyl (C=O) groups is 1. The van der Waals surface area contributed by atoms with E-state index in [1.807, 2.05) is 30.3 Å². The van der Waals surface area contributed by atoms with Crippen molar-refractivity contribution in [1.82, 2.24) is 15.5 Å². The van der Waals surface area contributed by atoms with Crippen molar-refractivity contribution in [2.24, 2.45) is 0 Å². The third-order valence-corrected chi connectivity index (χ3v) is 4.40. The Hall–Kier alpha value is -2.21. The topological polar surface area (TPSA) is 77.2 Å². The molecule has 1 saturated carbocycles. The van der Waals surface area contributed by atoms with Crippen LogP contribution in [0.2, 0.25) is 0 Å². The molecule has 2 aromatic rings. The Bertz CT molecular complexity index is 666. The number of carbonyl (C=O) groups excluding carboxylic acids is 1. The maximum Gasteiger partial charge on any atom is 0.246 e. The third-order valence-electron chi connectivity index (χ3n) is 4.40. The lowest BCUT2D eigenvalue weighted by Gasteiger charge is -2.17. The summed E-state index contributed by atoms with van der Waals surface area (Å²) in [5.41, 5.74) is 0.917. The van der Waals surface area contributed by atoms with Crippen LogP contribution in [0.15, 0.2) is 34.9 Å². The minimum Gasteiger partial charge on any atom is -0.368 e. The highest BCUT2D eigenvalue weighted by atomic mass is 16.5. The number of nitrogens with one attached hydrogen (secondary N) is 1. The summed E-state index contributed by atoms with van der Waals surface area (Å²) in [5, 5.41) is 7.04. The zero-order valence-electron chi connectivity index (χ0n) is 14.6. The van der Waals surface area contributed by atoms with Gasteiger partial charge in [-0.15, -0.1) is 0 Å². The van der Waals surface area contributed by atoms with Crippen LogP contribution in [0.4, 0.5) is 0 Å². The molecule has 1 atom stereocenters. The van der Waals surface area contributed by atoms with Crippen LogP contribution >= 0.6 is 0 Å². The quantitative estimate of drug-likeness (QED) is 0.796. The van der Waals surface area contributed by atoms with Crippen LogP contribution in [0.3, 0.4) is 0 Å². The van der Waals surface area contributed by atoms with E-state index in [9.17, 15) is 4.79 Å². The standard InChI is InChI=1S/C19H25N3O3/c1-2-8-17-21-19(22-25-17)18(14-9-4-3-5-10-14)20-16(23)13-24-15-11-6-7-12-15/h3-5,9-10,15,18H,2,6-8,11-13H2,1H3,(H,20,23). The maximum atomic E-state index is 12.4. The fourth-order valence-corrected chi connectivity index (χ4v) is 3.09. The number of aromatic nitrogens is 2. The predicted octanol–water partition coefficient (Wildman–Crippen LogP) is 3.19. The first-order chi connectivity index (χ1) is 12.3. The minimum absolute atomic E-state index is 0.0632. The highest BCUT2D eigenvalue weighted by Crippen LogP contribution is 2.22. The summed E-state index contributed by atoms with van der Waals surface area (Å²) >= 11 is 0. The van der Waals surface area contributed by atoms with Gasteiger partial charge in [-0.05, 0) is 24.8 Å². The monoisotopic (exact) mass is 343 g/mol. The smallest absolute Gasteiger partial charge is 0.246 e. The normalized spacial score (nSPS) is 16.0. The molecule has 6 nitrogen and oxygen atoms in total. The average molecular weight is 343 g/mol. The van der Waals surface area contributed by atoms with E-state index in [0.29, 0.717) is 11.7 Å². The average Bonchev–Trinajstić information content (AvgIpc) is 3.31. The number of rotatable bonds is 8. The summed E-state index contributed by atoms with van der Waals surface area (Å²) in [5.74, 6) is 0.904. The van der Waals surface area contributed by atoms with Crippen molar-refractivity contribution in [3.63, 3.8) is 0 Å². The Labute approximate surface area is 148 Å². The minimum atomic E-state index is -0.435. The fourth-order valence-electron chi connectivity index (χ4n) is 3.09. The van der Waals surface area contributed by atoms with Crippen LogP contribution < -0.4 is 5.32 Å². The molecule has 1 unspecified atom stereocenters. The molecule has 3 rings (SSSR count). The number of hydrogen-bond acceptors (Lipinski definition) is 5. The first kappa shape index (κ1) is 17.6. The van der Waals surface area contributed by atoms with Gasteiger partial charge in [-0.3, -0.25) is 4.79 Å². The van der Waals surface area contributed by atoms with Gasteiger partial charge in [0.2, 0.25) is 11.8 Å². The second-order valence-corrected chi connectivity index (χ2v) is 6.42. The van der Waals surface area contributed by atoms with Crippen LogP contribution in [0, 0.1) is 0 Å². The highest BCUT2D eigenvalue weighted by Gasteiger charge is 2.23. The maximum absolute atomic E-state index is 12.4. The molecule has 134 valence electrons. The summed E-state index contributed by atoms with van der Waals surface area (Å²) in [6, 6.07) is 9.24. The number of benzene rings is 1. The van der Waals surface area contributed by atoms with Gasteiger partial charge < -0.3 is 14.6 Å². The molecular weight excluding hydrogens is 318 g/mol. The summed E-state index contributed by atoms with van der Waals surface area (Å²) in [6.07, 6.45) is 6.32. The van der Waals surface area contributed by atoms with E-state index in [-0.39, 0.29) is 18.6 Å². The van der Waals surface area contributed by atoms with Gasteiger partial charge >= 0.3 is 0 Å². The molecule has 25 heavy (non-hydrogen) atoms. The van der Waals surface area contributed by atoms with Crippen molar-refractivity contribution in [1.29, 1.82) is 0 Å². The molecule has 1 heterocycles. The van der Waals surface area contributed by atoms with Crippen molar-refractivity contribution in [3.05, 3.63) is 47.6 Å². The first-order valence-electron chi connectivity index (χ1n) is 9.04. The lowest BCUT2D eigenvalue weighted by Crippen LogP contribution is -2.34. The van der Waals surface area contributed by atoms with Gasteiger partial charge in [0.05, 0.1) is 6.10 Å². The van der Waals surface area contributed by atoms with E-state index in [0.717, 1.165) is 31.2 Å². The van der Waals surface area contributed by atoms with Gasteiger partial charge in [0.1, 0.15) is 12.6 Å². The summed E-state index contributed by atoms with van der Waals surface area (Å²) in [4.78, 5) is 16.8. The summed E-state index contributed by atoms with van der Waals surface area (Å²) in [6.45, 7) is 2.12. The van der Waals surface area contributed by atoms with Crippen LogP contribution in [-0.2, 0) is 16.0 Å². The third kappa shape index (κ3) is 4.89. The number of amides is 1. The Morgan fingerprint density at radius 2 is 2.08 bits per heavy atom. The Kier molecular flexibility index (Phi) is 6.17. The van der Waals surface area contributed by atoms with Crippen LogP contribution in [0.1, 0.15) is 62.3 Å². The van der Waals surface area contributed by atoms with E-state index < -0.39 is 6.04 Å². The van der Waals surface area contributed by atoms with Gasteiger partial charge in [0, 0.05) is 6.42 Å². The molecule has 1 fully saturated rings. The zero-order chi connectivity index (χ0) is 17.5. The van der Waals surface area contributed by atoms with E-state index in [2.05, 4.69) is 22.4 Å². The molecule has 0 aliphatic heterocycles. The largest absolute Gasteiger partial charge is 0.368 e. The Morgan fingerprint density at radius 3 is 2.80 bits per heavy atom. The van der Waals surface area contributed by atoms with Gasteiger partial charge in [-0.2, -0.15) is 4.98 Å². The van der Waals surface area contributed by atoms with Crippen molar-refractivity contribution in [3.8, 4) is 0 Å². The van der Waals surface area contributed by atoms with Crippen molar-refractivity contribution < 1.29 is 14.1 Å². The molecule has 0 bridgehead atoms. The van der Waals surface area contributed by atoms with Gasteiger partial charge in [-0.25, -0.2) is 0 Å². The molecule has 0 radical (unpaired) electrons. The molecular formula is C19H25N3O3. The van der Waals surface area contributed by atoms with E-state index in [4.69, 9.17) is 9.26 Å². The predicted molar refractivity (Wildman–Crippen MR) is 92.9 cm³/mol. The lowest BCUT2D eigenvalue weighted by molar-refractivity contribution is -0.128. The first-order valence-corrected chi connectivity index (χ1v) is 9.04. The van der Waals surface area contributed by atoms with Crippen LogP contribution in [-0.4, -0.2) is 28.8 Å². The molecule has 1 N–H and O–H groups in total. The zero-order valence-corrected chi connectivity index (χ0v) is 14.6. The van der Waals surface area contributed by atoms with Crippen LogP contribution in [0.5, 0.6) is 0 Å². The van der Waals surface area contributed by atoms with Gasteiger partial charge in [-0.1, -0.05) is 55.3 Å². The number of ether oxygens (including phenoxy) is 1. The van der Waals surface area contributed by atoms with E-state index in [1.165, 1.54) is 12.8 Å². The van der Waals surface area contributed by atoms with E-state index >= 15 is 0 Å². The van der Waals surface area contributed by atoms with Crippen molar-refractivity contribution in [2.45, 2.75) is 57.6 Å². The summed E-state index contributed by atoms with van der Waals surface area (Å²) < 4.78 is 11.0. The molecule has 0 saturated heterocycles. The second kappa shape index (κ2) is 8.76. The second-order valence-electron chi connectivity index (χ2n) is 6.42. The molecule has 1 aromatic heterocycles. The molecule has 1 aliphatic carbocycles. The number of aryl methyl sites for hydroxylation is 1. The summed E-state index contributed by atoms with van der Waals surface area (Å²) in [7, 11) is 0. The number of nitrogens with zero attached hydrogens (tertiary/aromatic N) is 2. The Morgan fingerprint density at radius 1 is 1.32 bits per heavy atom. The SMILES string of the molecule is CCCc1nc(C(NC(=O)COC2CCCC2)c2ccccc2)no1. The van der Waals surface area contributed by atoms with Crippen LogP contribution in [0.25, 0.3) is 0 Å². The van der Waals surface area contributed by atoms with Crippen molar-refractivity contribution >= 4 is 5.91 Å². The van der Waals surface area contributed by atoms with Gasteiger partial charge in [0.15, 0.2) is 5.82 Å². The Balaban J connectivity index is 1.68. The van der Waals surface area contributed by atoms with Gasteiger partial charge in [0.25, 0.3) is 0 Å². The van der Waals surface area contributed by atoms with E-state index in [1.54, 1.807) is 0 Å². The lowest BCUT2D eigenvalue weighted by atomic mass is 10.1. The molecule has 0 spiro atoms. The molecule has 1 amide bonds. The fraction of sp³-hybridized carbons (Fsp3) is 0.526. The molecule has 6 heteroatoms.